The summed E-state index contributed by atoms with van der Waals surface area (Å²) in [6.45, 7) is 0.386. The van der Waals surface area contributed by atoms with Gasteiger partial charge in [0.25, 0.3) is 0 Å². The highest BCUT2D eigenvalue weighted by Crippen LogP contribution is 2.11. The van der Waals surface area contributed by atoms with Gasteiger partial charge in [-0.1, -0.05) is 0 Å². The minimum absolute atomic E-state index is 0.386. The molecule has 14 heavy (non-hydrogen) atoms. The SMILES string of the molecule is Fc1ccc(OCc2cscn2)cn1. The summed E-state index contributed by atoms with van der Waals surface area (Å²) in [5.74, 6) is 0.0328. The van der Waals surface area contributed by atoms with Crippen LogP contribution in [0.5, 0.6) is 5.75 Å². The Hall–Kier alpha value is -1.49. The number of halogens is 1. The molecule has 72 valence electrons. The van der Waals surface area contributed by atoms with E-state index in [1.165, 1.54) is 29.7 Å². The first-order valence-corrected chi connectivity index (χ1v) is 4.90. The van der Waals surface area contributed by atoms with E-state index in [-0.39, 0.29) is 0 Å². The number of aromatic nitrogens is 2. The summed E-state index contributed by atoms with van der Waals surface area (Å²) >= 11 is 1.51. The molecule has 0 unspecified atom stereocenters. The van der Waals surface area contributed by atoms with E-state index in [4.69, 9.17) is 4.74 Å². The van der Waals surface area contributed by atoms with Gasteiger partial charge in [0, 0.05) is 5.38 Å². The standard InChI is InChI=1S/C9H7FN2OS/c10-9-2-1-8(3-11-9)13-4-7-5-14-6-12-7/h1-3,5-6H,4H2. The van der Waals surface area contributed by atoms with Crippen LogP contribution in [0.2, 0.25) is 0 Å². The second-order valence-corrected chi connectivity index (χ2v) is 3.30. The zero-order valence-electron chi connectivity index (χ0n) is 7.18. The minimum Gasteiger partial charge on any atom is -0.486 e. The molecule has 0 radical (unpaired) electrons. The Morgan fingerprint density at radius 1 is 1.36 bits per heavy atom. The molecule has 0 saturated carbocycles. The molecular formula is C9H7FN2OS. The second-order valence-electron chi connectivity index (χ2n) is 2.59. The lowest BCUT2D eigenvalue weighted by atomic mass is 10.4. The number of hydrogen-bond acceptors (Lipinski definition) is 4. The number of pyridine rings is 1. The smallest absolute Gasteiger partial charge is 0.213 e. The van der Waals surface area contributed by atoms with Gasteiger partial charge in [-0.3, -0.25) is 0 Å². The molecule has 2 aromatic heterocycles. The Labute approximate surface area is 84.2 Å². The van der Waals surface area contributed by atoms with Crippen LogP contribution in [0.25, 0.3) is 0 Å². The Kier molecular flexibility index (Phi) is 2.69. The van der Waals surface area contributed by atoms with Crippen molar-refractivity contribution in [1.29, 1.82) is 0 Å². The summed E-state index contributed by atoms with van der Waals surface area (Å²) in [6.07, 6.45) is 1.35. The first-order chi connectivity index (χ1) is 6.84. The van der Waals surface area contributed by atoms with E-state index in [1.807, 2.05) is 5.38 Å². The molecule has 0 aromatic carbocycles. The summed E-state index contributed by atoms with van der Waals surface area (Å²) in [7, 11) is 0. The number of hydrogen-bond donors (Lipinski definition) is 0. The highest BCUT2D eigenvalue weighted by atomic mass is 32.1. The third kappa shape index (κ3) is 2.26. The molecule has 0 saturated heterocycles. The van der Waals surface area contributed by atoms with E-state index >= 15 is 0 Å². The predicted molar refractivity (Wildman–Crippen MR) is 50.6 cm³/mol. The lowest BCUT2D eigenvalue weighted by Crippen LogP contribution is -1.96. The molecule has 2 heterocycles. The van der Waals surface area contributed by atoms with E-state index in [1.54, 1.807) is 5.51 Å². The number of nitrogens with zero attached hydrogens (tertiary/aromatic N) is 2. The largest absolute Gasteiger partial charge is 0.486 e. The van der Waals surface area contributed by atoms with E-state index in [2.05, 4.69) is 9.97 Å². The summed E-state index contributed by atoms with van der Waals surface area (Å²) in [5, 5.41) is 1.90. The normalized spacial score (nSPS) is 10.1. The predicted octanol–water partition coefficient (Wildman–Crippen LogP) is 2.26. The molecule has 3 nitrogen and oxygen atoms in total. The van der Waals surface area contributed by atoms with E-state index in [9.17, 15) is 4.39 Å². The average Bonchev–Trinajstić information content (AvgIpc) is 2.70. The highest BCUT2D eigenvalue weighted by molar-refractivity contribution is 7.07. The molecular weight excluding hydrogens is 203 g/mol. The lowest BCUT2D eigenvalue weighted by molar-refractivity contribution is 0.300. The van der Waals surface area contributed by atoms with Gasteiger partial charge in [-0.15, -0.1) is 11.3 Å². The van der Waals surface area contributed by atoms with Crippen molar-refractivity contribution in [3.05, 3.63) is 40.9 Å². The van der Waals surface area contributed by atoms with Crippen molar-refractivity contribution < 1.29 is 9.13 Å². The summed E-state index contributed by atoms with van der Waals surface area (Å²) in [6, 6.07) is 2.80. The molecule has 0 N–H and O–H groups in total. The van der Waals surface area contributed by atoms with Crippen LogP contribution in [-0.2, 0) is 6.61 Å². The fraction of sp³-hybridized carbons (Fsp3) is 0.111. The van der Waals surface area contributed by atoms with Gasteiger partial charge in [0.05, 0.1) is 17.4 Å². The van der Waals surface area contributed by atoms with Crippen LogP contribution in [0.15, 0.2) is 29.2 Å². The topological polar surface area (TPSA) is 35.0 Å². The molecule has 0 bridgehead atoms. The average molecular weight is 210 g/mol. The molecule has 0 aliphatic heterocycles. The summed E-state index contributed by atoms with van der Waals surface area (Å²) < 4.78 is 17.7. The van der Waals surface area contributed by atoms with Crippen molar-refractivity contribution in [1.82, 2.24) is 9.97 Å². The third-order valence-corrected chi connectivity index (χ3v) is 2.21. The molecule has 0 amide bonds. The van der Waals surface area contributed by atoms with Gasteiger partial charge in [-0.25, -0.2) is 9.97 Å². The molecule has 0 aliphatic rings. The van der Waals surface area contributed by atoms with E-state index in [0.29, 0.717) is 12.4 Å². The first kappa shape index (κ1) is 9.08. The van der Waals surface area contributed by atoms with Crippen molar-refractivity contribution in [2.45, 2.75) is 6.61 Å². The molecule has 0 aliphatic carbocycles. The van der Waals surface area contributed by atoms with Crippen LogP contribution in [0, 0.1) is 5.95 Å². The van der Waals surface area contributed by atoms with Crippen LogP contribution in [-0.4, -0.2) is 9.97 Å². The third-order valence-electron chi connectivity index (χ3n) is 1.57. The van der Waals surface area contributed by atoms with Gasteiger partial charge in [-0.05, 0) is 12.1 Å². The van der Waals surface area contributed by atoms with Crippen LogP contribution in [0.1, 0.15) is 5.69 Å². The van der Waals surface area contributed by atoms with Crippen LogP contribution in [0.4, 0.5) is 4.39 Å². The molecule has 0 atom stereocenters. The Balaban J connectivity index is 1.95. The molecule has 2 aromatic rings. The Morgan fingerprint density at radius 2 is 2.29 bits per heavy atom. The van der Waals surface area contributed by atoms with Crippen molar-refractivity contribution >= 4 is 11.3 Å². The van der Waals surface area contributed by atoms with Gasteiger partial charge in [-0.2, -0.15) is 4.39 Å². The molecule has 5 heteroatoms. The number of ether oxygens (including phenoxy) is 1. The maximum atomic E-state index is 12.4. The van der Waals surface area contributed by atoms with Crippen molar-refractivity contribution in [3.8, 4) is 5.75 Å². The molecule has 2 rings (SSSR count). The van der Waals surface area contributed by atoms with Crippen LogP contribution in [0.3, 0.4) is 0 Å². The molecule has 0 fully saturated rings. The van der Waals surface area contributed by atoms with Gasteiger partial charge in [0.1, 0.15) is 12.4 Å². The highest BCUT2D eigenvalue weighted by Gasteiger charge is 1.98. The second kappa shape index (κ2) is 4.15. The van der Waals surface area contributed by atoms with Crippen LogP contribution >= 0.6 is 11.3 Å². The molecule has 0 spiro atoms. The van der Waals surface area contributed by atoms with Gasteiger partial charge in [0.2, 0.25) is 5.95 Å². The zero-order valence-corrected chi connectivity index (χ0v) is 8.00. The fourth-order valence-electron chi connectivity index (χ4n) is 0.914. The van der Waals surface area contributed by atoms with E-state index in [0.717, 1.165) is 5.69 Å². The summed E-state index contributed by atoms with van der Waals surface area (Å²) in [5.41, 5.74) is 2.60. The number of rotatable bonds is 3. The summed E-state index contributed by atoms with van der Waals surface area (Å²) in [4.78, 5) is 7.52. The monoisotopic (exact) mass is 210 g/mol. The van der Waals surface area contributed by atoms with Crippen molar-refractivity contribution in [2.24, 2.45) is 0 Å². The van der Waals surface area contributed by atoms with Gasteiger partial charge < -0.3 is 4.74 Å². The maximum absolute atomic E-state index is 12.4. The van der Waals surface area contributed by atoms with Crippen molar-refractivity contribution in [2.75, 3.05) is 0 Å². The van der Waals surface area contributed by atoms with Crippen LogP contribution < -0.4 is 4.74 Å². The Bertz CT molecular complexity index is 388. The minimum atomic E-state index is -0.508. The fourth-order valence-corrected chi connectivity index (χ4v) is 1.46. The maximum Gasteiger partial charge on any atom is 0.213 e. The Morgan fingerprint density at radius 3 is 2.93 bits per heavy atom. The lowest BCUT2D eigenvalue weighted by Gasteiger charge is -2.02. The van der Waals surface area contributed by atoms with E-state index < -0.39 is 5.95 Å². The number of thiazole rings is 1. The van der Waals surface area contributed by atoms with Gasteiger partial charge >= 0.3 is 0 Å². The first-order valence-electron chi connectivity index (χ1n) is 3.96. The van der Waals surface area contributed by atoms with Gasteiger partial charge in [0.15, 0.2) is 0 Å². The quantitative estimate of drug-likeness (QED) is 0.729. The zero-order chi connectivity index (χ0) is 9.80. The van der Waals surface area contributed by atoms with Crippen molar-refractivity contribution in [3.63, 3.8) is 0 Å².